The van der Waals surface area contributed by atoms with Gasteiger partial charge in [0.2, 0.25) is 0 Å². The number of carbonyl (C=O) groups is 1. The van der Waals surface area contributed by atoms with Crippen LogP contribution < -0.4 is 5.32 Å². The molecule has 2 unspecified atom stereocenters. The van der Waals surface area contributed by atoms with Gasteiger partial charge in [0.25, 0.3) is 5.91 Å². The third-order valence-corrected chi connectivity index (χ3v) is 4.47. The van der Waals surface area contributed by atoms with Crippen LogP contribution in [0.5, 0.6) is 0 Å². The number of amides is 1. The van der Waals surface area contributed by atoms with Crippen LogP contribution in [0, 0.1) is 0 Å². The molecule has 1 amide bonds. The van der Waals surface area contributed by atoms with Crippen molar-refractivity contribution in [2.45, 2.75) is 31.9 Å². The largest absolute Gasteiger partial charge is 0.451 e. The summed E-state index contributed by atoms with van der Waals surface area (Å²) in [5.41, 5.74) is 0.658. The molecule has 1 aromatic carbocycles. The zero-order valence-electron chi connectivity index (χ0n) is 12.6. The van der Waals surface area contributed by atoms with Gasteiger partial charge in [0, 0.05) is 17.2 Å². The fourth-order valence-electron chi connectivity index (χ4n) is 2.66. The molecule has 0 saturated carbocycles. The van der Waals surface area contributed by atoms with Crippen molar-refractivity contribution in [3.63, 3.8) is 0 Å². The van der Waals surface area contributed by atoms with E-state index in [2.05, 4.69) is 5.32 Å². The number of benzene rings is 1. The molecule has 1 fully saturated rings. The summed E-state index contributed by atoms with van der Waals surface area (Å²) < 4.78 is 11.2. The van der Waals surface area contributed by atoms with E-state index in [-0.39, 0.29) is 23.8 Å². The Labute approximate surface area is 144 Å². The van der Waals surface area contributed by atoms with E-state index in [4.69, 9.17) is 32.4 Å². The molecule has 0 spiro atoms. The molecule has 2 atom stereocenters. The van der Waals surface area contributed by atoms with Gasteiger partial charge in [-0.15, -0.1) is 0 Å². The molecule has 1 saturated heterocycles. The maximum Gasteiger partial charge on any atom is 0.287 e. The van der Waals surface area contributed by atoms with Crippen molar-refractivity contribution in [1.82, 2.24) is 5.32 Å². The molecule has 23 heavy (non-hydrogen) atoms. The number of rotatable bonds is 4. The molecule has 6 heteroatoms. The highest BCUT2D eigenvalue weighted by molar-refractivity contribution is 6.35. The lowest BCUT2D eigenvalue weighted by molar-refractivity contribution is 0.0697. The monoisotopic (exact) mass is 353 g/mol. The van der Waals surface area contributed by atoms with Gasteiger partial charge in [0.05, 0.1) is 17.2 Å². The van der Waals surface area contributed by atoms with Crippen LogP contribution in [0.25, 0.3) is 11.3 Å². The van der Waals surface area contributed by atoms with Crippen LogP contribution in [0.15, 0.2) is 34.7 Å². The molecule has 1 aliphatic heterocycles. The number of hydrogen-bond donors (Lipinski definition) is 1. The van der Waals surface area contributed by atoms with Gasteiger partial charge >= 0.3 is 0 Å². The van der Waals surface area contributed by atoms with E-state index in [0.717, 1.165) is 19.4 Å². The van der Waals surface area contributed by atoms with Crippen molar-refractivity contribution < 1.29 is 13.9 Å². The first kappa shape index (κ1) is 16.4. The minimum atomic E-state index is -0.266. The van der Waals surface area contributed by atoms with E-state index >= 15 is 0 Å². The summed E-state index contributed by atoms with van der Waals surface area (Å²) in [7, 11) is 0. The Bertz CT molecular complexity index is 708. The zero-order valence-corrected chi connectivity index (χ0v) is 14.2. The molecule has 1 aliphatic rings. The molecule has 4 nitrogen and oxygen atoms in total. The maximum absolute atomic E-state index is 12.3. The first-order valence-electron chi connectivity index (χ1n) is 7.52. The number of halogens is 2. The molecular formula is C17H17Cl2NO3. The van der Waals surface area contributed by atoms with Gasteiger partial charge in [0.15, 0.2) is 5.76 Å². The molecule has 2 heterocycles. The van der Waals surface area contributed by atoms with Crippen molar-refractivity contribution in [2.24, 2.45) is 0 Å². The van der Waals surface area contributed by atoms with Crippen molar-refractivity contribution in [1.29, 1.82) is 0 Å². The molecule has 0 radical (unpaired) electrons. The Morgan fingerprint density at radius 1 is 1.30 bits per heavy atom. The predicted molar refractivity (Wildman–Crippen MR) is 90.1 cm³/mol. The highest BCUT2D eigenvalue weighted by atomic mass is 35.5. The molecule has 1 N–H and O–H groups in total. The number of carbonyl (C=O) groups excluding carboxylic acids is 1. The standard InChI is InChI=1S/C17H17Cl2NO3/c1-10(14-3-2-8-22-14)20-17(21)16-7-6-15(23-16)12-9-11(18)4-5-13(12)19/h4-7,9-10,14H,2-3,8H2,1H3,(H,20,21). The average molecular weight is 354 g/mol. The fraction of sp³-hybridized carbons (Fsp3) is 0.353. The zero-order chi connectivity index (χ0) is 16.4. The van der Waals surface area contributed by atoms with Crippen LogP contribution in [-0.2, 0) is 4.74 Å². The predicted octanol–water partition coefficient (Wildman–Crippen LogP) is 4.55. The third kappa shape index (κ3) is 3.71. The SMILES string of the molecule is CC(NC(=O)c1ccc(-c2cc(Cl)ccc2Cl)o1)C1CCCO1. The summed E-state index contributed by atoms with van der Waals surface area (Å²) in [6, 6.07) is 8.38. The van der Waals surface area contributed by atoms with E-state index in [0.29, 0.717) is 21.4 Å². The van der Waals surface area contributed by atoms with Crippen LogP contribution in [-0.4, -0.2) is 24.7 Å². The van der Waals surface area contributed by atoms with Crippen molar-refractivity contribution in [2.75, 3.05) is 6.61 Å². The Kier molecular flexibility index (Phi) is 4.95. The van der Waals surface area contributed by atoms with E-state index in [9.17, 15) is 4.79 Å². The molecule has 2 aromatic rings. The van der Waals surface area contributed by atoms with Crippen LogP contribution in [0.1, 0.15) is 30.3 Å². The molecule has 3 rings (SSSR count). The number of ether oxygens (including phenoxy) is 1. The number of hydrogen-bond acceptors (Lipinski definition) is 3. The number of furan rings is 1. The van der Waals surface area contributed by atoms with E-state index in [1.165, 1.54) is 0 Å². The summed E-state index contributed by atoms with van der Waals surface area (Å²) in [5, 5.41) is 3.98. The van der Waals surface area contributed by atoms with Gasteiger partial charge in [-0.1, -0.05) is 23.2 Å². The van der Waals surface area contributed by atoms with Crippen molar-refractivity contribution in [3.05, 3.63) is 46.1 Å². The fourth-order valence-corrected chi connectivity index (χ4v) is 3.04. The lowest BCUT2D eigenvalue weighted by Gasteiger charge is -2.19. The molecule has 0 aliphatic carbocycles. The average Bonchev–Trinajstić information content (AvgIpc) is 3.20. The van der Waals surface area contributed by atoms with Crippen LogP contribution in [0.2, 0.25) is 10.0 Å². The Hall–Kier alpha value is -1.49. The summed E-state index contributed by atoms with van der Waals surface area (Å²) in [4.78, 5) is 12.3. The highest BCUT2D eigenvalue weighted by Crippen LogP contribution is 2.31. The van der Waals surface area contributed by atoms with Gasteiger partial charge in [-0.2, -0.15) is 0 Å². The minimum absolute atomic E-state index is 0.0618. The van der Waals surface area contributed by atoms with E-state index in [1.807, 2.05) is 6.92 Å². The van der Waals surface area contributed by atoms with Gasteiger partial charge in [-0.3, -0.25) is 4.79 Å². The van der Waals surface area contributed by atoms with Crippen LogP contribution in [0.4, 0.5) is 0 Å². The lowest BCUT2D eigenvalue weighted by atomic mass is 10.1. The first-order valence-corrected chi connectivity index (χ1v) is 8.28. The lowest BCUT2D eigenvalue weighted by Crippen LogP contribution is -2.40. The quantitative estimate of drug-likeness (QED) is 0.876. The summed E-state index contributed by atoms with van der Waals surface area (Å²) in [6.45, 7) is 2.69. The Morgan fingerprint density at radius 3 is 2.87 bits per heavy atom. The van der Waals surface area contributed by atoms with Crippen LogP contribution >= 0.6 is 23.2 Å². The van der Waals surface area contributed by atoms with Crippen molar-refractivity contribution in [3.8, 4) is 11.3 Å². The second-order valence-corrected chi connectivity index (χ2v) is 6.45. The minimum Gasteiger partial charge on any atom is -0.451 e. The molecule has 122 valence electrons. The highest BCUT2D eigenvalue weighted by Gasteiger charge is 2.25. The van der Waals surface area contributed by atoms with Crippen LogP contribution in [0.3, 0.4) is 0 Å². The number of nitrogens with one attached hydrogen (secondary N) is 1. The summed E-state index contributed by atoms with van der Waals surface area (Å²) in [6.07, 6.45) is 2.06. The van der Waals surface area contributed by atoms with Gasteiger partial charge in [-0.05, 0) is 50.1 Å². The van der Waals surface area contributed by atoms with Gasteiger partial charge in [0.1, 0.15) is 5.76 Å². The normalized spacial score (nSPS) is 18.8. The smallest absolute Gasteiger partial charge is 0.287 e. The molecular weight excluding hydrogens is 337 g/mol. The Balaban J connectivity index is 1.73. The van der Waals surface area contributed by atoms with E-state index in [1.54, 1.807) is 30.3 Å². The third-order valence-electron chi connectivity index (χ3n) is 3.91. The topological polar surface area (TPSA) is 51.5 Å². The van der Waals surface area contributed by atoms with Gasteiger partial charge in [-0.25, -0.2) is 0 Å². The second-order valence-electron chi connectivity index (χ2n) is 5.60. The summed E-state index contributed by atoms with van der Waals surface area (Å²) in [5.74, 6) is 0.478. The van der Waals surface area contributed by atoms with Gasteiger partial charge < -0.3 is 14.5 Å². The molecule has 0 bridgehead atoms. The van der Waals surface area contributed by atoms with E-state index < -0.39 is 0 Å². The first-order chi connectivity index (χ1) is 11.0. The van der Waals surface area contributed by atoms with Crippen molar-refractivity contribution >= 4 is 29.1 Å². The Morgan fingerprint density at radius 2 is 2.13 bits per heavy atom. The maximum atomic E-state index is 12.3. The summed E-state index contributed by atoms with van der Waals surface area (Å²) >= 11 is 12.1. The molecule has 1 aromatic heterocycles. The second kappa shape index (κ2) is 6.95.